The third-order valence-corrected chi connectivity index (χ3v) is 2.93. The van der Waals surface area contributed by atoms with Crippen LogP contribution in [0.3, 0.4) is 0 Å². The van der Waals surface area contributed by atoms with Crippen LogP contribution in [0.4, 0.5) is 0 Å². The summed E-state index contributed by atoms with van der Waals surface area (Å²) in [6.45, 7) is 2.09. The highest BCUT2D eigenvalue weighted by Gasteiger charge is 2.08. The number of hydrogen-bond donors (Lipinski definition) is 1. The van der Waals surface area contributed by atoms with Gasteiger partial charge in [0.05, 0.1) is 11.5 Å². The number of aliphatic hydroxyl groups is 1. The standard InChI is InChI=1S/C10H11NO2S/c1-2-7-3-4-9(13-7)10-11-5-8(6-12)14-10/h3-5,12H,2,6H2,1H3. The van der Waals surface area contributed by atoms with Crippen molar-refractivity contribution in [2.24, 2.45) is 0 Å². The van der Waals surface area contributed by atoms with Crippen molar-refractivity contribution < 1.29 is 9.52 Å². The molecule has 0 radical (unpaired) electrons. The Bertz CT molecular complexity index is 379. The van der Waals surface area contributed by atoms with Crippen LogP contribution in [0.5, 0.6) is 0 Å². The van der Waals surface area contributed by atoms with Gasteiger partial charge in [-0.2, -0.15) is 0 Å². The van der Waals surface area contributed by atoms with Crippen molar-refractivity contribution in [1.29, 1.82) is 0 Å². The maximum absolute atomic E-state index is 8.89. The van der Waals surface area contributed by atoms with Gasteiger partial charge in [-0.25, -0.2) is 4.98 Å². The van der Waals surface area contributed by atoms with Crippen LogP contribution in [0.1, 0.15) is 17.6 Å². The second-order valence-electron chi connectivity index (χ2n) is 2.91. The van der Waals surface area contributed by atoms with Crippen molar-refractivity contribution in [3.05, 3.63) is 29.0 Å². The zero-order chi connectivity index (χ0) is 9.97. The van der Waals surface area contributed by atoms with Crippen molar-refractivity contribution in [2.75, 3.05) is 0 Å². The molecule has 14 heavy (non-hydrogen) atoms. The monoisotopic (exact) mass is 209 g/mol. The van der Waals surface area contributed by atoms with E-state index in [9.17, 15) is 0 Å². The molecule has 0 unspecified atom stereocenters. The van der Waals surface area contributed by atoms with Gasteiger partial charge in [0.15, 0.2) is 10.8 Å². The lowest BCUT2D eigenvalue weighted by atomic mass is 10.4. The molecule has 0 bridgehead atoms. The minimum absolute atomic E-state index is 0.0407. The van der Waals surface area contributed by atoms with Gasteiger partial charge in [-0.15, -0.1) is 11.3 Å². The molecule has 1 N–H and O–H groups in total. The van der Waals surface area contributed by atoms with Gasteiger partial charge in [-0.05, 0) is 12.1 Å². The maximum Gasteiger partial charge on any atom is 0.162 e. The SMILES string of the molecule is CCc1ccc(-c2ncc(CO)s2)o1. The van der Waals surface area contributed by atoms with Crippen LogP contribution in [0, 0.1) is 0 Å². The smallest absolute Gasteiger partial charge is 0.162 e. The van der Waals surface area contributed by atoms with E-state index in [1.807, 2.05) is 19.1 Å². The first kappa shape index (κ1) is 9.43. The summed E-state index contributed by atoms with van der Waals surface area (Å²) in [5.41, 5.74) is 0. The van der Waals surface area contributed by atoms with E-state index in [0.717, 1.165) is 27.8 Å². The molecule has 0 spiro atoms. The fourth-order valence-electron chi connectivity index (χ4n) is 1.18. The van der Waals surface area contributed by atoms with E-state index in [0.29, 0.717) is 0 Å². The largest absolute Gasteiger partial charge is 0.459 e. The fourth-order valence-corrected chi connectivity index (χ4v) is 1.91. The third kappa shape index (κ3) is 1.71. The highest BCUT2D eigenvalue weighted by Crippen LogP contribution is 2.26. The van der Waals surface area contributed by atoms with Crippen molar-refractivity contribution >= 4 is 11.3 Å². The lowest BCUT2D eigenvalue weighted by molar-refractivity contribution is 0.285. The summed E-state index contributed by atoms with van der Waals surface area (Å²) in [7, 11) is 0. The van der Waals surface area contributed by atoms with Gasteiger partial charge in [-0.1, -0.05) is 6.92 Å². The van der Waals surface area contributed by atoms with Crippen molar-refractivity contribution in [2.45, 2.75) is 20.0 Å². The first-order chi connectivity index (χ1) is 6.83. The molecule has 74 valence electrons. The highest BCUT2D eigenvalue weighted by atomic mass is 32.1. The summed E-state index contributed by atoms with van der Waals surface area (Å²) < 4.78 is 5.54. The first-order valence-electron chi connectivity index (χ1n) is 4.48. The van der Waals surface area contributed by atoms with E-state index in [1.54, 1.807) is 6.20 Å². The molecule has 0 saturated heterocycles. The zero-order valence-corrected chi connectivity index (χ0v) is 8.67. The van der Waals surface area contributed by atoms with E-state index in [-0.39, 0.29) is 6.61 Å². The Morgan fingerprint density at radius 1 is 1.50 bits per heavy atom. The maximum atomic E-state index is 8.89. The highest BCUT2D eigenvalue weighted by molar-refractivity contribution is 7.14. The first-order valence-corrected chi connectivity index (χ1v) is 5.29. The number of rotatable bonds is 3. The van der Waals surface area contributed by atoms with E-state index < -0.39 is 0 Å². The van der Waals surface area contributed by atoms with Crippen LogP contribution < -0.4 is 0 Å². The van der Waals surface area contributed by atoms with Crippen LogP contribution in [-0.4, -0.2) is 10.1 Å². The van der Waals surface area contributed by atoms with Gasteiger partial charge in [0.25, 0.3) is 0 Å². The van der Waals surface area contributed by atoms with Gasteiger partial charge < -0.3 is 9.52 Å². The number of hydrogen-bond acceptors (Lipinski definition) is 4. The summed E-state index contributed by atoms with van der Waals surface area (Å²) in [5, 5.41) is 9.72. The molecule has 2 aromatic heterocycles. The third-order valence-electron chi connectivity index (χ3n) is 1.93. The van der Waals surface area contributed by atoms with E-state index in [2.05, 4.69) is 4.98 Å². The van der Waals surface area contributed by atoms with Crippen molar-refractivity contribution in [1.82, 2.24) is 4.98 Å². The van der Waals surface area contributed by atoms with Gasteiger partial charge in [0.1, 0.15) is 5.76 Å². The molecule has 3 nitrogen and oxygen atoms in total. The molecule has 0 saturated carbocycles. The van der Waals surface area contributed by atoms with Crippen molar-refractivity contribution in [3.63, 3.8) is 0 Å². The molecule has 0 amide bonds. The molecule has 4 heteroatoms. The van der Waals surface area contributed by atoms with Gasteiger partial charge >= 0.3 is 0 Å². The number of thiazole rings is 1. The second kappa shape index (κ2) is 3.94. The average molecular weight is 209 g/mol. The molecule has 0 aromatic carbocycles. The van der Waals surface area contributed by atoms with E-state index in [4.69, 9.17) is 9.52 Å². The fraction of sp³-hybridized carbons (Fsp3) is 0.300. The quantitative estimate of drug-likeness (QED) is 0.844. The number of aryl methyl sites for hydroxylation is 1. The molecular weight excluding hydrogens is 198 g/mol. The van der Waals surface area contributed by atoms with Crippen molar-refractivity contribution in [3.8, 4) is 10.8 Å². The van der Waals surface area contributed by atoms with Gasteiger partial charge in [0.2, 0.25) is 0 Å². The molecule has 0 atom stereocenters. The molecule has 2 heterocycles. The van der Waals surface area contributed by atoms with Crippen LogP contribution in [-0.2, 0) is 13.0 Å². The van der Waals surface area contributed by atoms with Crippen LogP contribution >= 0.6 is 11.3 Å². The molecular formula is C10H11NO2S. The molecule has 0 fully saturated rings. The molecule has 0 aliphatic rings. The molecule has 0 aliphatic heterocycles. The lowest BCUT2D eigenvalue weighted by Gasteiger charge is -1.89. The topological polar surface area (TPSA) is 46.3 Å². The van der Waals surface area contributed by atoms with Crippen LogP contribution in [0.25, 0.3) is 10.8 Å². The Morgan fingerprint density at radius 2 is 2.36 bits per heavy atom. The van der Waals surface area contributed by atoms with Crippen LogP contribution in [0.2, 0.25) is 0 Å². The summed E-state index contributed by atoms with van der Waals surface area (Å²) in [4.78, 5) is 5.03. The minimum atomic E-state index is 0.0407. The van der Waals surface area contributed by atoms with E-state index in [1.165, 1.54) is 11.3 Å². The number of nitrogens with zero attached hydrogens (tertiary/aromatic N) is 1. The van der Waals surface area contributed by atoms with Crippen LogP contribution in [0.15, 0.2) is 22.7 Å². The summed E-state index contributed by atoms with van der Waals surface area (Å²) in [6, 6.07) is 3.87. The summed E-state index contributed by atoms with van der Waals surface area (Å²) in [5.74, 6) is 1.74. The normalized spacial score (nSPS) is 10.7. The Morgan fingerprint density at radius 3 is 2.93 bits per heavy atom. The predicted molar refractivity (Wildman–Crippen MR) is 55.1 cm³/mol. The Kier molecular flexibility index (Phi) is 2.65. The van der Waals surface area contributed by atoms with E-state index >= 15 is 0 Å². The zero-order valence-electron chi connectivity index (χ0n) is 7.86. The number of aliphatic hydroxyl groups excluding tert-OH is 1. The second-order valence-corrected chi connectivity index (χ2v) is 4.02. The Hall–Kier alpha value is -1.13. The molecule has 2 aromatic rings. The lowest BCUT2D eigenvalue weighted by Crippen LogP contribution is -1.70. The Balaban J connectivity index is 2.29. The summed E-state index contributed by atoms with van der Waals surface area (Å²) >= 11 is 1.45. The number of aromatic nitrogens is 1. The molecule has 0 aliphatic carbocycles. The van der Waals surface area contributed by atoms with Gasteiger partial charge in [0, 0.05) is 12.6 Å². The number of furan rings is 1. The molecule has 2 rings (SSSR count). The van der Waals surface area contributed by atoms with Gasteiger partial charge in [-0.3, -0.25) is 0 Å². The average Bonchev–Trinajstić information content (AvgIpc) is 2.86. The Labute approximate surface area is 86.0 Å². The predicted octanol–water partition coefficient (Wildman–Crippen LogP) is 2.46. The summed E-state index contributed by atoms with van der Waals surface area (Å²) in [6.07, 6.45) is 2.56. The minimum Gasteiger partial charge on any atom is -0.459 e.